The summed E-state index contributed by atoms with van der Waals surface area (Å²) < 4.78 is 0. The normalized spacial score (nSPS) is 10.1. The Kier molecular flexibility index (Phi) is 6.87. The van der Waals surface area contributed by atoms with Gasteiger partial charge in [0.25, 0.3) is 11.6 Å². The van der Waals surface area contributed by atoms with Crippen molar-refractivity contribution in [3.05, 3.63) is 64.2 Å². The number of hydrogen-bond acceptors (Lipinski definition) is 5. The van der Waals surface area contributed by atoms with E-state index in [0.29, 0.717) is 5.69 Å². The van der Waals surface area contributed by atoms with Crippen LogP contribution in [-0.4, -0.2) is 36.4 Å². The van der Waals surface area contributed by atoms with E-state index >= 15 is 0 Å². The van der Waals surface area contributed by atoms with Crippen molar-refractivity contribution >= 4 is 28.9 Å². The third kappa shape index (κ3) is 5.53. The SMILES string of the molecule is CCN(CC)c1ccc(NC(=O)CNC(=O)c2cccc([N+](=O)[O-])c2)cc1. The molecule has 0 aliphatic rings. The summed E-state index contributed by atoms with van der Waals surface area (Å²) in [4.78, 5) is 36.4. The molecule has 2 rings (SSSR count). The lowest BCUT2D eigenvalue weighted by Crippen LogP contribution is -2.32. The maximum atomic E-state index is 12.0. The summed E-state index contributed by atoms with van der Waals surface area (Å²) >= 11 is 0. The lowest BCUT2D eigenvalue weighted by Gasteiger charge is -2.21. The Balaban J connectivity index is 1.89. The third-order valence-electron chi connectivity index (χ3n) is 4.01. The number of non-ortho nitro benzene ring substituents is 1. The molecule has 0 unspecified atom stereocenters. The Morgan fingerprint density at radius 1 is 1.07 bits per heavy atom. The second-order valence-electron chi connectivity index (χ2n) is 5.76. The molecule has 0 saturated heterocycles. The number of amides is 2. The van der Waals surface area contributed by atoms with Crippen LogP contribution in [0.5, 0.6) is 0 Å². The van der Waals surface area contributed by atoms with Crippen molar-refractivity contribution in [2.75, 3.05) is 29.9 Å². The van der Waals surface area contributed by atoms with Gasteiger partial charge in [-0.3, -0.25) is 19.7 Å². The number of nitrogens with one attached hydrogen (secondary N) is 2. The molecule has 0 aromatic heterocycles. The summed E-state index contributed by atoms with van der Waals surface area (Å²) in [7, 11) is 0. The van der Waals surface area contributed by atoms with E-state index in [9.17, 15) is 19.7 Å². The summed E-state index contributed by atoms with van der Waals surface area (Å²) in [5.41, 5.74) is 1.64. The average Bonchev–Trinajstić information content (AvgIpc) is 2.68. The first-order valence-corrected chi connectivity index (χ1v) is 8.62. The fourth-order valence-corrected chi connectivity index (χ4v) is 2.57. The summed E-state index contributed by atoms with van der Waals surface area (Å²) in [5, 5.41) is 15.9. The molecule has 0 saturated carbocycles. The zero-order valence-electron chi connectivity index (χ0n) is 15.3. The first kappa shape index (κ1) is 19.9. The highest BCUT2D eigenvalue weighted by molar-refractivity contribution is 5.99. The number of nitro groups is 1. The predicted molar refractivity (Wildman–Crippen MR) is 104 cm³/mol. The molecule has 0 fully saturated rings. The number of nitro benzene ring substituents is 1. The molecule has 2 amide bonds. The number of carbonyl (C=O) groups is 2. The summed E-state index contributed by atoms with van der Waals surface area (Å²) in [6.07, 6.45) is 0. The van der Waals surface area contributed by atoms with Gasteiger partial charge in [0.05, 0.1) is 11.5 Å². The number of hydrogen-bond donors (Lipinski definition) is 2. The lowest BCUT2D eigenvalue weighted by molar-refractivity contribution is -0.384. The maximum absolute atomic E-state index is 12.0. The summed E-state index contributed by atoms with van der Waals surface area (Å²) in [5.74, 6) is -0.935. The van der Waals surface area contributed by atoms with Crippen molar-refractivity contribution in [1.29, 1.82) is 0 Å². The van der Waals surface area contributed by atoms with Crippen molar-refractivity contribution < 1.29 is 14.5 Å². The molecule has 0 heterocycles. The minimum atomic E-state index is -0.578. The van der Waals surface area contributed by atoms with E-state index in [-0.39, 0.29) is 23.7 Å². The van der Waals surface area contributed by atoms with Crippen molar-refractivity contribution in [1.82, 2.24) is 5.32 Å². The minimum Gasteiger partial charge on any atom is -0.372 e. The number of carbonyl (C=O) groups excluding carboxylic acids is 2. The Bertz CT molecular complexity index is 817. The zero-order valence-corrected chi connectivity index (χ0v) is 15.3. The van der Waals surface area contributed by atoms with Crippen LogP contribution >= 0.6 is 0 Å². The van der Waals surface area contributed by atoms with E-state index in [0.717, 1.165) is 18.8 Å². The molecular weight excluding hydrogens is 348 g/mol. The average molecular weight is 370 g/mol. The molecule has 27 heavy (non-hydrogen) atoms. The highest BCUT2D eigenvalue weighted by atomic mass is 16.6. The molecule has 2 aromatic carbocycles. The fraction of sp³-hybridized carbons (Fsp3) is 0.263. The molecule has 8 nitrogen and oxygen atoms in total. The maximum Gasteiger partial charge on any atom is 0.270 e. The van der Waals surface area contributed by atoms with Crippen LogP contribution in [0.25, 0.3) is 0 Å². The Morgan fingerprint density at radius 2 is 1.74 bits per heavy atom. The van der Waals surface area contributed by atoms with Crippen LogP contribution in [-0.2, 0) is 4.79 Å². The van der Waals surface area contributed by atoms with E-state index in [1.54, 1.807) is 12.1 Å². The highest BCUT2D eigenvalue weighted by Gasteiger charge is 2.12. The monoisotopic (exact) mass is 370 g/mol. The van der Waals surface area contributed by atoms with Gasteiger partial charge in [0.1, 0.15) is 0 Å². The smallest absolute Gasteiger partial charge is 0.270 e. The van der Waals surface area contributed by atoms with E-state index in [1.807, 2.05) is 12.1 Å². The number of nitrogens with zero attached hydrogens (tertiary/aromatic N) is 2. The number of rotatable bonds is 8. The van der Waals surface area contributed by atoms with E-state index < -0.39 is 10.8 Å². The van der Waals surface area contributed by atoms with E-state index in [2.05, 4.69) is 29.4 Å². The molecule has 142 valence electrons. The van der Waals surface area contributed by atoms with Crippen LogP contribution in [0.3, 0.4) is 0 Å². The van der Waals surface area contributed by atoms with Crippen LogP contribution in [0.1, 0.15) is 24.2 Å². The van der Waals surface area contributed by atoms with Crippen LogP contribution in [0.4, 0.5) is 17.1 Å². The summed E-state index contributed by atoms with van der Waals surface area (Å²) in [6.45, 7) is 5.70. The first-order chi connectivity index (χ1) is 12.9. The molecule has 8 heteroatoms. The van der Waals surface area contributed by atoms with Gasteiger partial charge in [-0.05, 0) is 44.2 Å². The highest BCUT2D eigenvalue weighted by Crippen LogP contribution is 2.17. The fourth-order valence-electron chi connectivity index (χ4n) is 2.57. The zero-order chi connectivity index (χ0) is 19.8. The standard InChI is InChI=1S/C19H22N4O4/c1-3-22(4-2)16-10-8-15(9-11-16)21-18(24)13-20-19(25)14-6-5-7-17(12-14)23(26)27/h5-12H,3-4,13H2,1-2H3,(H,20,25)(H,21,24). The predicted octanol–water partition coefficient (Wildman–Crippen LogP) is 2.81. The van der Waals surface area contributed by atoms with Crippen molar-refractivity contribution in [2.24, 2.45) is 0 Å². The van der Waals surface area contributed by atoms with Gasteiger partial charge in [0, 0.05) is 42.2 Å². The largest absolute Gasteiger partial charge is 0.372 e. The molecule has 0 bridgehead atoms. The molecule has 2 aromatic rings. The van der Waals surface area contributed by atoms with Gasteiger partial charge < -0.3 is 15.5 Å². The van der Waals surface area contributed by atoms with Crippen LogP contribution in [0.15, 0.2) is 48.5 Å². The third-order valence-corrected chi connectivity index (χ3v) is 4.01. The van der Waals surface area contributed by atoms with Crippen molar-refractivity contribution in [3.63, 3.8) is 0 Å². The van der Waals surface area contributed by atoms with Gasteiger partial charge >= 0.3 is 0 Å². The molecule has 0 aliphatic heterocycles. The number of anilines is 2. The van der Waals surface area contributed by atoms with Gasteiger partial charge in [-0.15, -0.1) is 0 Å². The van der Waals surface area contributed by atoms with Gasteiger partial charge in [0.15, 0.2) is 0 Å². The Labute approximate surface area is 157 Å². The molecular formula is C19H22N4O4. The molecule has 0 radical (unpaired) electrons. The Hall–Kier alpha value is -3.42. The van der Waals surface area contributed by atoms with E-state index in [4.69, 9.17) is 0 Å². The van der Waals surface area contributed by atoms with Crippen molar-refractivity contribution in [3.8, 4) is 0 Å². The van der Waals surface area contributed by atoms with Crippen molar-refractivity contribution in [2.45, 2.75) is 13.8 Å². The lowest BCUT2D eigenvalue weighted by atomic mass is 10.2. The van der Waals surface area contributed by atoms with E-state index in [1.165, 1.54) is 24.3 Å². The van der Waals surface area contributed by atoms with Gasteiger partial charge in [-0.1, -0.05) is 6.07 Å². The number of benzene rings is 2. The van der Waals surface area contributed by atoms with Crippen LogP contribution in [0, 0.1) is 10.1 Å². The summed E-state index contributed by atoms with van der Waals surface area (Å²) in [6, 6.07) is 12.8. The topological polar surface area (TPSA) is 105 Å². The molecule has 0 atom stereocenters. The first-order valence-electron chi connectivity index (χ1n) is 8.62. The second kappa shape index (κ2) is 9.33. The minimum absolute atomic E-state index is 0.126. The molecule has 2 N–H and O–H groups in total. The molecule has 0 spiro atoms. The second-order valence-corrected chi connectivity index (χ2v) is 5.76. The Morgan fingerprint density at radius 3 is 2.33 bits per heavy atom. The van der Waals surface area contributed by atoms with Gasteiger partial charge in [-0.2, -0.15) is 0 Å². The van der Waals surface area contributed by atoms with Gasteiger partial charge in [-0.25, -0.2) is 0 Å². The van der Waals surface area contributed by atoms with Crippen LogP contribution in [0.2, 0.25) is 0 Å². The van der Waals surface area contributed by atoms with Gasteiger partial charge in [0.2, 0.25) is 5.91 Å². The quantitative estimate of drug-likeness (QED) is 0.549. The molecule has 0 aliphatic carbocycles. The van der Waals surface area contributed by atoms with Crippen LogP contribution < -0.4 is 15.5 Å².